The molecule has 4 heteroatoms. The molecule has 2 nitrogen and oxygen atoms in total. The second-order valence-corrected chi connectivity index (χ2v) is 9.49. The van der Waals surface area contributed by atoms with Gasteiger partial charge in [-0.1, -0.05) is 116 Å². The molecule has 0 aromatic rings. The standard InChI is InChI=1S/C18H34I2O2/c1-2-3-4-5-7-10-13-16(19)17(20)14-11-8-6-9-12-15-18(21)22/h16-17H,2-15H2,1H3,(H,21,22)/t16-,17-/m0/s1. The fraction of sp³-hybridized carbons (Fsp3) is 0.944. The first-order valence-corrected chi connectivity index (χ1v) is 11.6. The number of hydrogen-bond donors (Lipinski definition) is 1. The number of hydrogen-bond acceptors (Lipinski definition) is 1. The highest BCUT2D eigenvalue weighted by molar-refractivity contribution is 14.1. The zero-order chi connectivity index (χ0) is 16.6. The van der Waals surface area contributed by atoms with Crippen molar-refractivity contribution < 1.29 is 9.90 Å². The van der Waals surface area contributed by atoms with Crippen LogP contribution in [0.2, 0.25) is 0 Å². The van der Waals surface area contributed by atoms with E-state index in [1.807, 2.05) is 0 Å². The highest BCUT2D eigenvalue weighted by Crippen LogP contribution is 2.26. The molecular weight excluding hydrogens is 502 g/mol. The van der Waals surface area contributed by atoms with Gasteiger partial charge < -0.3 is 5.11 Å². The lowest BCUT2D eigenvalue weighted by Gasteiger charge is -2.16. The van der Waals surface area contributed by atoms with Crippen molar-refractivity contribution in [3.8, 4) is 0 Å². The fourth-order valence-corrected chi connectivity index (χ4v) is 4.23. The third-order valence-electron chi connectivity index (χ3n) is 4.10. The Kier molecular flexibility index (Phi) is 17.5. The maximum absolute atomic E-state index is 10.4. The van der Waals surface area contributed by atoms with Gasteiger partial charge in [-0.3, -0.25) is 4.79 Å². The molecule has 0 fully saturated rings. The van der Waals surface area contributed by atoms with Gasteiger partial charge in [-0.2, -0.15) is 0 Å². The van der Waals surface area contributed by atoms with Gasteiger partial charge in [0.25, 0.3) is 0 Å². The number of carbonyl (C=O) groups is 1. The van der Waals surface area contributed by atoms with Crippen LogP contribution in [0.3, 0.4) is 0 Å². The molecule has 0 bridgehead atoms. The first-order chi connectivity index (χ1) is 10.6. The molecule has 0 aliphatic heterocycles. The van der Waals surface area contributed by atoms with Gasteiger partial charge in [0.05, 0.1) is 0 Å². The van der Waals surface area contributed by atoms with Gasteiger partial charge in [0.1, 0.15) is 0 Å². The van der Waals surface area contributed by atoms with Crippen molar-refractivity contribution in [2.75, 3.05) is 0 Å². The first kappa shape index (κ1) is 22.9. The summed E-state index contributed by atoms with van der Waals surface area (Å²) in [5.74, 6) is -0.658. The molecule has 132 valence electrons. The topological polar surface area (TPSA) is 37.3 Å². The predicted octanol–water partition coefficient (Wildman–Crippen LogP) is 7.16. The van der Waals surface area contributed by atoms with E-state index < -0.39 is 5.97 Å². The number of carboxylic acids is 1. The minimum Gasteiger partial charge on any atom is -0.481 e. The number of aliphatic carboxylic acids is 1. The van der Waals surface area contributed by atoms with Crippen LogP contribution in [0.5, 0.6) is 0 Å². The maximum atomic E-state index is 10.4. The van der Waals surface area contributed by atoms with Gasteiger partial charge >= 0.3 is 5.97 Å². The Morgan fingerprint density at radius 2 is 1.18 bits per heavy atom. The van der Waals surface area contributed by atoms with Gasteiger partial charge in [0.2, 0.25) is 0 Å². The van der Waals surface area contributed by atoms with E-state index in [1.54, 1.807) is 0 Å². The van der Waals surface area contributed by atoms with Crippen molar-refractivity contribution in [2.45, 2.75) is 105 Å². The lowest BCUT2D eigenvalue weighted by Crippen LogP contribution is -2.13. The molecule has 0 saturated carbocycles. The van der Waals surface area contributed by atoms with Crippen molar-refractivity contribution in [1.29, 1.82) is 0 Å². The first-order valence-electron chi connectivity index (χ1n) is 9.07. The van der Waals surface area contributed by atoms with Crippen LogP contribution in [-0.4, -0.2) is 18.9 Å². The molecule has 0 radical (unpaired) electrons. The summed E-state index contributed by atoms with van der Waals surface area (Å²) >= 11 is 5.28. The summed E-state index contributed by atoms with van der Waals surface area (Å²) in [6, 6.07) is 0. The number of unbranched alkanes of at least 4 members (excludes halogenated alkanes) is 9. The summed E-state index contributed by atoms with van der Waals surface area (Å²) in [6.07, 6.45) is 17.1. The van der Waals surface area contributed by atoms with Gasteiger partial charge in [0, 0.05) is 14.3 Å². The number of halogens is 2. The molecule has 0 unspecified atom stereocenters. The van der Waals surface area contributed by atoms with Crippen LogP contribution in [-0.2, 0) is 4.79 Å². The second kappa shape index (κ2) is 16.8. The monoisotopic (exact) mass is 536 g/mol. The summed E-state index contributed by atoms with van der Waals surface area (Å²) in [4.78, 5) is 10.4. The zero-order valence-electron chi connectivity index (χ0n) is 14.2. The largest absolute Gasteiger partial charge is 0.481 e. The number of alkyl halides is 2. The molecule has 2 atom stereocenters. The molecule has 22 heavy (non-hydrogen) atoms. The molecule has 0 aliphatic rings. The average molecular weight is 536 g/mol. The third kappa shape index (κ3) is 15.8. The molecular formula is C18H34I2O2. The van der Waals surface area contributed by atoms with Crippen LogP contribution < -0.4 is 0 Å². The van der Waals surface area contributed by atoms with E-state index in [0.29, 0.717) is 6.42 Å². The van der Waals surface area contributed by atoms with Crippen LogP contribution in [0.15, 0.2) is 0 Å². The number of carboxylic acid groups (broad SMARTS) is 1. The summed E-state index contributed by atoms with van der Waals surface area (Å²) in [5, 5.41) is 8.58. The van der Waals surface area contributed by atoms with E-state index in [0.717, 1.165) is 20.7 Å². The van der Waals surface area contributed by atoms with Gasteiger partial charge in [0.15, 0.2) is 0 Å². The summed E-state index contributed by atoms with van der Waals surface area (Å²) in [5.41, 5.74) is 0. The van der Waals surface area contributed by atoms with E-state index >= 15 is 0 Å². The molecule has 0 aromatic carbocycles. The Balaban J connectivity index is 3.38. The average Bonchev–Trinajstić information content (AvgIpc) is 2.49. The second-order valence-electron chi connectivity index (χ2n) is 6.29. The summed E-state index contributed by atoms with van der Waals surface area (Å²) < 4.78 is 1.62. The Morgan fingerprint density at radius 3 is 1.64 bits per heavy atom. The lowest BCUT2D eigenvalue weighted by atomic mass is 10.0. The minimum atomic E-state index is -0.658. The molecule has 0 aromatic heterocycles. The van der Waals surface area contributed by atoms with Gasteiger partial charge in [-0.05, 0) is 19.3 Å². The Hall–Kier alpha value is 0.930. The fourth-order valence-electron chi connectivity index (χ4n) is 2.63. The van der Waals surface area contributed by atoms with E-state index in [2.05, 4.69) is 52.1 Å². The van der Waals surface area contributed by atoms with Crippen molar-refractivity contribution in [1.82, 2.24) is 0 Å². The van der Waals surface area contributed by atoms with Crippen LogP contribution in [0.25, 0.3) is 0 Å². The lowest BCUT2D eigenvalue weighted by molar-refractivity contribution is -0.137. The number of rotatable bonds is 16. The highest BCUT2D eigenvalue weighted by atomic mass is 127. The van der Waals surface area contributed by atoms with Crippen molar-refractivity contribution in [2.24, 2.45) is 0 Å². The zero-order valence-corrected chi connectivity index (χ0v) is 18.5. The van der Waals surface area contributed by atoms with Gasteiger partial charge in [-0.25, -0.2) is 0 Å². The third-order valence-corrected chi connectivity index (χ3v) is 8.45. The quantitative estimate of drug-likeness (QED) is 0.129. The molecule has 0 amide bonds. The molecule has 0 spiro atoms. The maximum Gasteiger partial charge on any atom is 0.303 e. The Bertz CT molecular complexity index is 259. The van der Waals surface area contributed by atoms with Gasteiger partial charge in [-0.15, -0.1) is 0 Å². The predicted molar refractivity (Wildman–Crippen MR) is 114 cm³/mol. The molecule has 0 aliphatic carbocycles. The van der Waals surface area contributed by atoms with Crippen LogP contribution in [0.1, 0.15) is 96.8 Å². The molecule has 0 saturated heterocycles. The van der Waals surface area contributed by atoms with E-state index in [4.69, 9.17) is 5.11 Å². The normalized spacial score (nSPS) is 14.0. The molecule has 0 rings (SSSR count). The summed E-state index contributed by atoms with van der Waals surface area (Å²) in [6.45, 7) is 2.27. The van der Waals surface area contributed by atoms with E-state index in [-0.39, 0.29) is 0 Å². The molecule has 1 N–H and O–H groups in total. The Morgan fingerprint density at radius 1 is 0.773 bits per heavy atom. The van der Waals surface area contributed by atoms with Crippen LogP contribution in [0.4, 0.5) is 0 Å². The SMILES string of the molecule is CCCCCCCC[C@H](I)[C@@H](I)CCCCCCCC(=O)O. The van der Waals surface area contributed by atoms with Crippen molar-refractivity contribution in [3.05, 3.63) is 0 Å². The highest BCUT2D eigenvalue weighted by Gasteiger charge is 2.14. The van der Waals surface area contributed by atoms with E-state index in [9.17, 15) is 4.79 Å². The molecule has 0 heterocycles. The smallest absolute Gasteiger partial charge is 0.303 e. The summed E-state index contributed by atoms with van der Waals surface area (Å²) in [7, 11) is 0. The Labute approximate surface area is 164 Å². The minimum absolute atomic E-state index is 0.336. The van der Waals surface area contributed by atoms with Crippen LogP contribution >= 0.6 is 45.2 Å². The van der Waals surface area contributed by atoms with Crippen molar-refractivity contribution in [3.63, 3.8) is 0 Å². The van der Waals surface area contributed by atoms with Crippen molar-refractivity contribution >= 4 is 51.2 Å². The van der Waals surface area contributed by atoms with E-state index in [1.165, 1.54) is 70.6 Å². The van der Waals surface area contributed by atoms with Crippen LogP contribution in [0, 0.1) is 0 Å².